The molecule has 26 heavy (non-hydrogen) atoms. The van der Waals surface area contributed by atoms with E-state index in [1.165, 1.54) is 4.90 Å². The van der Waals surface area contributed by atoms with Gasteiger partial charge in [-0.1, -0.05) is 18.2 Å². The zero-order chi connectivity index (χ0) is 18.7. The average molecular weight is 380 g/mol. The quantitative estimate of drug-likeness (QED) is 0.866. The molecule has 1 amide bonds. The molecule has 0 saturated carbocycles. The molecule has 1 heterocycles. The third-order valence-corrected chi connectivity index (χ3v) is 5.93. The molecule has 1 N–H and O–H groups in total. The van der Waals surface area contributed by atoms with Crippen molar-refractivity contribution in [2.75, 3.05) is 28.3 Å². The van der Waals surface area contributed by atoms with Crippen LogP contribution in [0.5, 0.6) is 0 Å². The number of amides is 1. The SMILES string of the molecule is O=C(CNc1cc(F)cc(F)c1)N(c1ccccc1)[C@@H]1CCS(=O)(=O)C1. The monoisotopic (exact) mass is 380 g/mol. The van der Waals surface area contributed by atoms with Gasteiger partial charge in [0.2, 0.25) is 5.91 Å². The Bertz CT molecular complexity index is 884. The van der Waals surface area contributed by atoms with E-state index in [1.54, 1.807) is 30.3 Å². The van der Waals surface area contributed by atoms with Gasteiger partial charge in [-0.2, -0.15) is 0 Å². The Morgan fingerprint density at radius 2 is 1.77 bits per heavy atom. The molecule has 1 aliphatic heterocycles. The fourth-order valence-corrected chi connectivity index (χ4v) is 4.74. The highest BCUT2D eigenvalue weighted by Crippen LogP contribution is 2.24. The van der Waals surface area contributed by atoms with Crippen LogP contribution in [0.25, 0.3) is 0 Å². The van der Waals surface area contributed by atoms with Crippen LogP contribution in [-0.2, 0) is 14.6 Å². The molecule has 5 nitrogen and oxygen atoms in total. The summed E-state index contributed by atoms with van der Waals surface area (Å²) < 4.78 is 50.2. The minimum atomic E-state index is -3.17. The van der Waals surface area contributed by atoms with E-state index in [0.717, 1.165) is 18.2 Å². The van der Waals surface area contributed by atoms with Gasteiger partial charge in [-0.05, 0) is 30.7 Å². The molecule has 8 heteroatoms. The third kappa shape index (κ3) is 4.37. The Morgan fingerprint density at radius 3 is 2.35 bits per heavy atom. The van der Waals surface area contributed by atoms with Crippen LogP contribution in [0.1, 0.15) is 6.42 Å². The Balaban J connectivity index is 1.79. The van der Waals surface area contributed by atoms with Gasteiger partial charge in [0.25, 0.3) is 0 Å². The number of rotatable bonds is 5. The molecule has 1 aliphatic rings. The highest BCUT2D eigenvalue weighted by molar-refractivity contribution is 7.91. The van der Waals surface area contributed by atoms with E-state index in [0.29, 0.717) is 12.1 Å². The van der Waals surface area contributed by atoms with Crippen molar-refractivity contribution in [1.82, 2.24) is 0 Å². The molecule has 0 aliphatic carbocycles. The van der Waals surface area contributed by atoms with Crippen LogP contribution in [-0.4, -0.2) is 38.4 Å². The molecule has 2 aromatic carbocycles. The molecule has 0 aromatic heterocycles. The molecule has 1 saturated heterocycles. The number of carbonyl (C=O) groups excluding carboxylic acids is 1. The van der Waals surface area contributed by atoms with Gasteiger partial charge in [-0.25, -0.2) is 17.2 Å². The molecule has 2 aromatic rings. The predicted molar refractivity (Wildman–Crippen MR) is 95.8 cm³/mol. The van der Waals surface area contributed by atoms with E-state index in [1.807, 2.05) is 0 Å². The van der Waals surface area contributed by atoms with Gasteiger partial charge >= 0.3 is 0 Å². The highest BCUT2D eigenvalue weighted by atomic mass is 32.2. The van der Waals surface area contributed by atoms with Crippen LogP contribution in [0, 0.1) is 11.6 Å². The largest absolute Gasteiger partial charge is 0.376 e. The number of carbonyl (C=O) groups is 1. The second-order valence-electron chi connectivity index (χ2n) is 6.17. The Labute approximate surface area is 150 Å². The van der Waals surface area contributed by atoms with Crippen molar-refractivity contribution in [3.05, 3.63) is 60.2 Å². The van der Waals surface area contributed by atoms with E-state index in [-0.39, 0.29) is 29.6 Å². The maximum Gasteiger partial charge on any atom is 0.246 e. The average Bonchev–Trinajstić information content (AvgIpc) is 2.93. The first-order chi connectivity index (χ1) is 12.3. The summed E-state index contributed by atoms with van der Waals surface area (Å²) in [5.74, 6) is -1.93. The summed E-state index contributed by atoms with van der Waals surface area (Å²) in [6.45, 7) is -0.214. The van der Waals surface area contributed by atoms with Crippen molar-refractivity contribution in [2.45, 2.75) is 12.5 Å². The van der Waals surface area contributed by atoms with Crippen LogP contribution in [0.4, 0.5) is 20.2 Å². The van der Waals surface area contributed by atoms with Crippen LogP contribution in [0.3, 0.4) is 0 Å². The lowest BCUT2D eigenvalue weighted by atomic mass is 10.1. The highest BCUT2D eigenvalue weighted by Gasteiger charge is 2.35. The number of hydrogen-bond donors (Lipinski definition) is 1. The smallest absolute Gasteiger partial charge is 0.246 e. The van der Waals surface area contributed by atoms with E-state index in [4.69, 9.17) is 0 Å². The van der Waals surface area contributed by atoms with Crippen molar-refractivity contribution in [3.63, 3.8) is 0 Å². The minimum Gasteiger partial charge on any atom is -0.376 e. The third-order valence-electron chi connectivity index (χ3n) is 4.18. The molecule has 0 radical (unpaired) electrons. The molecular formula is C18H18F2N2O3S. The number of nitrogens with zero attached hydrogens (tertiary/aromatic N) is 1. The fourth-order valence-electron chi connectivity index (χ4n) is 3.04. The van der Waals surface area contributed by atoms with Crippen molar-refractivity contribution in [3.8, 4) is 0 Å². The lowest BCUT2D eigenvalue weighted by Gasteiger charge is -2.28. The van der Waals surface area contributed by atoms with Crippen LogP contribution in [0.2, 0.25) is 0 Å². The summed E-state index contributed by atoms with van der Waals surface area (Å²) in [6, 6.07) is 11.2. The fraction of sp³-hybridized carbons (Fsp3) is 0.278. The molecule has 1 atom stereocenters. The minimum absolute atomic E-state index is 0.0385. The first-order valence-electron chi connectivity index (χ1n) is 8.11. The molecule has 0 unspecified atom stereocenters. The molecule has 138 valence electrons. The maximum absolute atomic E-state index is 13.3. The van der Waals surface area contributed by atoms with Gasteiger partial charge in [-0.3, -0.25) is 4.79 Å². The zero-order valence-electron chi connectivity index (χ0n) is 13.9. The van der Waals surface area contributed by atoms with E-state index in [2.05, 4.69) is 5.32 Å². The van der Waals surface area contributed by atoms with E-state index < -0.39 is 27.5 Å². The van der Waals surface area contributed by atoms with E-state index in [9.17, 15) is 22.0 Å². The summed E-state index contributed by atoms with van der Waals surface area (Å²) >= 11 is 0. The summed E-state index contributed by atoms with van der Waals surface area (Å²) in [5.41, 5.74) is 0.731. The summed E-state index contributed by atoms with van der Waals surface area (Å²) in [6.07, 6.45) is 0.359. The first-order valence-corrected chi connectivity index (χ1v) is 9.94. The molecule has 1 fully saturated rings. The van der Waals surface area contributed by atoms with E-state index >= 15 is 0 Å². The summed E-state index contributed by atoms with van der Waals surface area (Å²) in [5, 5.41) is 2.70. The van der Waals surface area contributed by atoms with Gasteiger partial charge < -0.3 is 10.2 Å². The molecular weight excluding hydrogens is 362 g/mol. The first kappa shape index (κ1) is 18.3. The number of sulfone groups is 1. The number of benzene rings is 2. The van der Waals surface area contributed by atoms with Crippen LogP contribution in [0.15, 0.2) is 48.5 Å². The molecule has 0 bridgehead atoms. The lowest BCUT2D eigenvalue weighted by Crippen LogP contribution is -2.44. The normalized spacial score (nSPS) is 18.5. The topological polar surface area (TPSA) is 66.5 Å². The number of halogens is 2. The van der Waals surface area contributed by atoms with Crippen LogP contribution < -0.4 is 10.2 Å². The van der Waals surface area contributed by atoms with Crippen molar-refractivity contribution in [1.29, 1.82) is 0 Å². The second-order valence-corrected chi connectivity index (χ2v) is 8.40. The summed E-state index contributed by atoms with van der Waals surface area (Å²) in [4.78, 5) is 14.2. The van der Waals surface area contributed by atoms with Gasteiger partial charge in [0.1, 0.15) is 11.6 Å². The zero-order valence-corrected chi connectivity index (χ0v) is 14.7. The van der Waals surface area contributed by atoms with Gasteiger partial charge in [-0.15, -0.1) is 0 Å². The number of para-hydroxylation sites is 1. The van der Waals surface area contributed by atoms with Gasteiger partial charge in [0, 0.05) is 17.4 Å². The molecule has 3 rings (SSSR count). The number of hydrogen-bond acceptors (Lipinski definition) is 4. The lowest BCUT2D eigenvalue weighted by molar-refractivity contribution is -0.117. The standard InChI is InChI=1S/C18H18F2N2O3S/c19-13-8-14(20)10-15(9-13)21-11-18(23)22(16-4-2-1-3-5-16)17-6-7-26(24,25)12-17/h1-5,8-10,17,21H,6-7,11-12H2/t17-/m1/s1. The maximum atomic E-state index is 13.3. The van der Waals surface area contributed by atoms with Crippen molar-refractivity contribution < 1.29 is 22.0 Å². The second kappa shape index (κ2) is 7.41. The van der Waals surface area contributed by atoms with Crippen LogP contribution >= 0.6 is 0 Å². The van der Waals surface area contributed by atoms with Gasteiger partial charge in [0.05, 0.1) is 24.1 Å². The predicted octanol–water partition coefficient (Wildman–Crippen LogP) is 2.60. The van der Waals surface area contributed by atoms with Crippen molar-refractivity contribution >= 4 is 27.1 Å². The van der Waals surface area contributed by atoms with Gasteiger partial charge in [0.15, 0.2) is 9.84 Å². The summed E-state index contributed by atoms with van der Waals surface area (Å²) in [7, 11) is -3.17. The number of anilines is 2. The Morgan fingerprint density at radius 1 is 1.12 bits per heavy atom. The Kier molecular flexibility index (Phi) is 5.22. The Hall–Kier alpha value is -2.48. The van der Waals surface area contributed by atoms with Crippen molar-refractivity contribution in [2.24, 2.45) is 0 Å². The number of nitrogens with one attached hydrogen (secondary N) is 1. The molecule has 0 spiro atoms.